The largest absolute Gasteiger partial charge is 0.493 e. The summed E-state index contributed by atoms with van der Waals surface area (Å²) in [5.41, 5.74) is -0.236. The van der Waals surface area contributed by atoms with E-state index in [2.05, 4.69) is 4.74 Å². The Kier molecular flexibility index (Phi) is 3.98. The highest BCUT2D eigenvalue weighted by molar-refractivity contribution is 6.30. The summed E-state index contributed by atoms with van der Waals surface area (Å²) in [4.78, 5) is 10.8. The lowest BCUT2D eigenvalue weighted by molar-refractivity contribution is -0.170. The van der Waals surface area contributed by atoms with E-state index in [-0.39, 0.29) is 10.6 Å². The molecule has 0 spiro atoms. The molecule has 0 aliphatic carbocycles. The average molecular weight is 271 g/mol. The van der Waals surface area contributed by atoms with Crippen molar-refractivity contribution in [3.63, 3.8) is 0 Å². The highest BCUT2D eigenvalue weighted by Gasteiger charge is 2.38. The van der Waals surface area contributed by atoms with Crippen LogP contribution in [0.5, 0.6) is 5.75 Å². The summed E-state index contributed by atoms with van der Waals surface area (Å²) in [6, 6.07) is 1.95. The van der Waals surface area contributed by atoms with Crippen molar-refractivity contribution in [1.29, 1.82) is 0 Å². The van der Waals surface area contributed by atoms with Crippen molar-refractivity contribution >= 4 is 17.4 Å². The number of alkyl halides is 3. The van der Waals surface area contributed by atoms with Crippen molar-refractivity contribution in [2.45, 2.75) is 12.6 Å². The lowest BCUT2D eigenvalue weighted by Gasteiger charge is -2.10. The molecule has 0 unspecified atom stereocenters. The van der Waals surface area contributed by atoms with Crippen LogP contribution in [0.15, 0.2) is 12.1 Å². The van der Waals surface area contributed by atoms with Crippen molar-refractivity contribution in [3.8, 4) is 5.75 Å². The van der Waals surface area contributed by atoms with E-state index in [1.165, 1.54) is 0 Å². The fraction of sp³-hybridized carbons (Fsp3) is 0.300. The summed E-state index contributed by atoms with van der Waals surface area (Å²) in [5.74, 6) is -3.31. The second-order valence-electron chi connectivity index (χ2n) is 3.18. The van der Waals surface area contributed by atoms with Gasteiger partial charge in [-0.05, 0) is 12.1 Å². The van der Waals surface area contributed by atoms with E-state index >= 15 is 0 Å². The first-order chi connectivity index (χ1) is 7.75. The summed E-state index contributed by atoms with van der Waals surface area (Å²) >= 11 is 5.49. The van der Waals surface area contributed by atoms with Gasteiger partial charge in [0.05, 0.1) is 7.11 Å². The topological polar surface area (TPSA) is 26.3 Å². The Balaban J connectivity index is 3.10. The summed E-state index contributed by atoms with van der Waals surface area (Å²) < 4.78 is 54.0. The number of ketones is 1. The van der Waals surface area contributed by atoms with Gasteiger partial charge in [0.1, 0.15) is 0 Å². The van der Waals surface area contributed by atoms with Gasteiger partial charge in [-0.3, -0.25) is 4.79 Å². The number of methoxy groups -OCH3 is 1. The second-order valence-corrected chi connectivity index (χ2v) is 3.61. The molecular formula is C10H7ClF4O2. The Hall–Kier alpha value is -1.30. The quantitative estimate of drug-likeness (QED) is 0.789. The zero-order chi connectivity index (χ0) is 13.2. The van der Waals surface area contributed by atoms with Gasteiger partial charge in [0, 0.05) is 17.0 Å². The molecular weight excluding hydrogens is 264 g/mol. The number of hydrogen-bond acceptors (Lipinski definition) is 2. The van der Waals surface area contributed by atoms with Crippen LogP contribution in [-0.4, -0.2) is 19.1 Å². The lowest BCUT2D eigenvalue weighted by Crippen LogP contribution is -2.24. The smallest absolute Gasteiger partial charge is 0.450 e. The monoisotopic (exact) mass is 270 g/mol. The minimum absolute atomic E-state index is 0.103. The van der Waals surface area contributed by atoms with E-state index in [4.69, 9.17) is 11.6 Å². The second kappa shape index (κ2) is 4.91. The van der Waals surface area contributed by atoms with E-state index in [9.17, 15) is 22.4 Å². The molecule has 0 aliphatic rings. The molecule has 0 N–H and O–H groups in total. The van der Waals surface area contributed by atoms with Crippen LogP contribution in [0.2, 0.25) is 5.02 Å². The van der Waals surface area contributed by atoms with Gasteiger partial charge in [-0.1, -0.05) is 11.6 Å². The van der Waals surface area contributed by atoms with Crippen LogP contribution in [0, 0.1) is 5.82 Å². The minimum Gasteiger partial charge on any atom is -0.493 e. The third kappa shape index (κ3) is 3.33. The Morgan fingerprint density at radius 3 is 2.47 bits per heavy atom. The van der Waals surface area contributed by atoms with Gasteiger partial charge in [-0.25, -0.2) is 4.39 Å². The maximum Gasteiger partial charge on any atom is 0.450 e. The number of carbonyl (C=O) groups is 1. The van der Waals surface area contributed by atoms with Gasteiger partial charge in [0.2, 0.25) is 5.78 Å². The van der Waals surface area contributed by atoms with Crippen LogP contribution in [0.1, 0.15) is 5.56 Å². The Labute approximate surface area is 99.1 Å². The van der Waals surface area contributed by atoms with Gasteiger partial charge >= 0.3 is 6.18 Å². The summed E-state index contributed by atoms with van der Waals surface area (Å²) in [6.45, 7) is 0. The highest BCUT2D eigenvalue weighted by Crippen LogP contribution is 2.29. The molecule has 7 heteroatoms. The van der Waals surface area contributed by atoms with Gasteiger partial charge in [-0.2, -0.15) is 13.2 Å². The first-order valence-electron chi connectivity index (χ1n) is 4.37. The summed E-state index contributed by atoms with van der Waals surface area (Å²) in [6.07, 6.45) is -5.98. The molecule has 0 bridgehead atoms. The van der Waals surface area contributed by atoms with E-state index in [1.54, 1.807) is 0 Å². The molecule has 0 radical (unpaired) electrons. The number of halogens is 5. The van der Waals surface area contributed by atoms with Crippen molar-refractivity contribution < 1.29 is 27.1 Å². The number of hydrogen-bond donors (Lipinski definition) is 0. The molecule has 0 aliphatic heterocycles. The van der Waals surface area contributed by atoms with Gasteiger partial charge < -0.3 is 4.74 Å². The molecule has 1 aromatic carbocycles. The third-order valence-electron chi connectivity index (χ3n) is 1.96. The van der Waals surface area contributed by atoms with E-state index in [0.29, 0.717) is 0 Å². The van der Waals surface area contributed by atoms with Gasteiger partial charge in [0.25, 0.3) is 0 Å². The third-order valence-corrected chi connectivity index (χ3v) is 2.17. The first-order valence-corrected chi connectivity index (χ1v) is 4.75. The number of Topliss-reactive ketones (excluding diaryl/α,β-unsaturated/α-hetero) is 1. The van der Waals surface area contributed by atoms with Crippen molar-refractivity contribution in [3.05, 3.63) is 28.5 Å². The first kappa shape index (κ1) is 13.8. The van der Waals surface area contributed by atoms with Crippen LogP contribution >= 0.6 is 11.6 Å². The number of rotatable bonds is 3. The molecule has 17 heavy (non-hydrogen) atoms. The van der Waals surface area contributed by atoms with Crippen LogP contribution < -0.4 is 4.74 Å². The maximum atomic E-state index is 13.3. The molecule has 0 aromatic heterocycles. The van der Waals surface area contributed by atoms with Gasteiger partial charge in [0.15, 0.2) is 11.6 Å². The highest BCUT2D eigenvalue weighted by atomic mass is 35.5. The molecule has 0 saturated carbocycles. The molecule has 1 rings (SSSR count). The van der Waals surface area contributed by atoms with Crippen LogP contribution in [-0.2, 0) is 11.2 Å². The minimum atomic E-state index is -4.97. The average Bonchev–Trinajstić information content (AvgIpc) is 2.15. The number of carbonyl (C=O) groups excluding carboxylic acids is 1. The molecule has 0 atom stereocenters. The molecule has 0 fully saturated rings. The zero-order valence-corrected chi connectivity index (χ0v) is 9.32. The van der Waals surface area contributed by atoms with E-state index in [0.717, 1.165) is 19.2 Å². The maximum absolute atomic E-state index is 13.3. The number of ether oxygens (including phenoxy) is 1. The van der Waals surface area contributed by atoms with Crippen LogP contribution in [0.25, 0.3) is 0 Å². The molecule has 0 heterocycles. The Morgan fingerprint density at radius 1 is 1.41 bits per heavy atom. The molecule has 2 nitrogen and oxygen atoms in total. The van der Waals surface area contributed by atoms with Crippen molar-refractivity contribution in [2.75, 3.05) is 7.11 Å². The van der Waals surface area contributed by atoms with E-state index in [1.807, 2.05) is 0 Å². The molecule has 94 valence electrons. The lowest BCUT2D eigenvalue weighted by atomic mass is 10.1. The summed E-state index contributed by atoms with van der Waals surface area (Å²) in [7, 11) is 1.09. The van der Waals surface area contributed by atoms with Gasteiger partial charge in [-0.15, -0.1) is 0 Å². The molecule has 0 saturated heterocycles. The van der Waals surface area contributed by atoms with Crippen molar-refractivity contribution in [1.82, 2.24) is 0 Å². The van der Waals surface area contributed by atoms with Crippen LogP contribution in [0.4, 0.5) is 17.6 Å². The normalized spacial score (nSPS) is 11.4. The Bertz CT molecular complexity index is 443. The fourth-order valence-electron chi connectivity index (χ4n) is 1.25. The van der Waals surface area contributed by atoms with Crippen LogP contribution in [0.3, 0.4) is 0 Å². The SMILES string of the molecule is COc1c(F)cc(Cl)cc1CC(=O)C(F)(F)F. The standard InChI is InChI=1S/C10H7ClF4O2/c1-17-9-5(2-6(11)4-7(9)12)3-8(16)10(13,14)15/h2,4H,3H2,1H3. The predicted octanol–water partition coefficient (Wildman–Crippen LogP) is 3.16. The summed E-state index contributed by atoms with van der Waals surface area (Å²) in [5, 5.41) is -0.103. The Morgan fingerprint density at radius 2 is 2.00 bits per heavy atom. The van der Waals surface area contributed by atoms with E-state index < -0.39 is 29.9 Å². The van der Waals surface area contributed by atoms with Crippen molar-refractivity contribution in [2.24, 2.45) is 0 Å². The molecule has 1 aromatic rings. The predicted molar refractivity (Wildman–Crippen MR) is 52.7 cm³/mol. The fourth-order valence-corrected chi connectivity index (χ4v) is 1.47. The zero-order valence-electron chi connectivity index (χ0n) is 8.57. The number of benzene rings is 1. The molecule has 0 amide bonds.